The Balaban J connectivity index is -0.000000781. The minimum atomic E-state index is -0.335. The lowest BCUT2D eigenvalue weighted by molar-refractivity contribution is 0.278. The van der Waals surface area contributed by atoms with E-state index >= 15 is 0 Å². The maximum atomic E-state index is 14.2. The van der Waals surface area contributed by atoms with Crippen LogP contribution in [-0.2, 0) is 12.5 Å². The van der Waals surface area contributed by atoms with Crippen molar-refractivity contribution in [3.05, 3.63) is 95.6 Å². The summed E-state index contributed by atoms with van der Waals surface area (Å²) in [5.74, 6) is 2.17. The molecule has 0 saturated heterocycles. The van der Waals surface area contributed by atoms with Crippen molar-refractivity contribution in [2.24, 2.45) is 0 Å². The summed E-state index contributed by atoms with van der Waals surface area (Å²) >= 11 is 5.89. The Morgan fingerprint density at radius 2 is 1.11 bits per heavy atom. The number of hydrogen-bond acceptors (Lipinski definition) is 5. The summed E-state index contributed by atoms with van der Waals surface area (Å²) in [6, 6.07) is 20.2. The van der Waals surface area contributed by atoms with E-state index in [9.17, 15) is 13.9 Å². The third-order valence-corrected chi connectivity index (χ3v) is 7.18. The van der Waals surface area contributed by atoms with Gasteiger partial charge in [0.15, 0.2) is 0 Å². The van der Waals surface area contributed by atoms with Crippen LogP contribution in [0.15, 0.2) is 72.8 Å². The summed E-state index contributed by atoms with van der Waals surface area (Å²) in [4.78, 5) is 0. The Kier molecular flexibility index (Phi) is 11.9. The molecule has 8 heteroatoms. The van der Waals surface area contributed by atoms with Crippen LogP contribution >= 0.6 is 11.6 Å². The van der Waals surface area contributed by atoms with Crippen LogP contribution in [0.25, 0.3) is 22.3 Å². The van der Waals surface area contributed by atoms with Gasteiger partial charge in [-0.3, -0.25) is 0 Å². The Labute approximate surface area is 278 Å². The van der Waals surface area contributed by atoms with Crippen molar-refractivity contribution >= 4 is 11.6 Å². The molecule has 0 aromatic heterocycles. The highest BCUT2D eigenvalue weighted by Gasteiger charge is 2.15. The lowest BCUT2D eigenvalue weighted by atomic mass is 10.0. The van der Waals surface area contributed by atoms with Crippen LogP contribution in [0.5, 0.6) is 23.0 Å². The molecule has 0 aliphatic heterocycles. The quantitative estimate of drug-likeness (QED) is 0.108. The van der Waals surface area contributed by atoms with Gasteiger partial charge in [-0.25, -0.2) is 8.78 Å². The number of rotatable bonds is 14. The fourth-order valence-electron chi connectivity index (χ4n) is 4.33. The molecule has 0 fully saturated rings. The van der Waals surface area contributed by atoms with E-state index in [0.29, 0.717) is 64.3 Å². The van der Waals surface area contributed by atoms with Gasteiger partial charge in [0, 0.05) is 41.4 Å². The lowest BCUT2D eigenvalue weighted by Crippen LogP contribution is -2.00. The summed E-state index contributed by atoms with van der Waals surface area (Å²) in [6.07, 6.45) is 3.93. The average Bonchev–Trinajstić information content (AvgIpc) is 3.22. The summed E-state index contributed by atoms with van der Waals surface area (Å²) in [5, 5.41) is 9.28. The molecule has 0 aliphatic rings. The Hall–Kier alpha value is -3.81. The van der Waals surface area contributed by atoms with E-state index < -0.39 is 0 Å². The monoisotopic (exact) mass is 654 g/mol. The first-order valence-corrected chi connectivity index (χ1v) is 15.3. The van der Waals surface area contributed by atoms with Crippen LogP contribution in [0.2, 0.25) is 0 Å². The smallest absolute Gasteiger partial charge is 0.131 e. The molecule has 4 aromatic rings. The maximum Gasteiger partial charge on any atom is 0.131 e. The van der Waals surface area contributed by atoms with E-state index in [4.69, 9.17) is 42.4 Å². The third-order valence-electron chi connectivity index (χ3n) is 6.87. The molecular weight excluding hydrogens is 586 g/mol. The number of hydrogen-bond donors (Lipinski definition) is 1. The van der Waals surface area contributed by atoms with Gasteiger partial charge in [0.2, 0.25) is 0 Å². The molecule has 0 atom stereocenters. The van der Waals surface area contributed by atoms with Crippen molar-refractivity contribution < 1.29 is 46.1 Å². The highest BCUT2D eigenvalue weighted by atomic mass is 35.5. The third kappa shape index (κ3) is 9.60. The van der Waals surface area contributed by atoms with Gasteiger partial charge in [-0.15, -0.1) is 11.6 Å². The molecule has 4 aromatic carbocycles. The molecule has 0 amide bonds. The molecule has 0 aliphatic carbocycles. The lowest BCUT2D eigenvalue weighted by Gasteiger charge is -2.14. The summed E-state index contributed by atoms with van der Waals surface area (Å²) in [6.45, 7) is 5.26. The second-order valence-electron chi connectivity index (χ2n) is 10.0. The van der Waals surface area contributed by atoms with Crippen molar-refractivity contribution in [2.75, 3.05) is 27.4 Å². The number of aliphatic hydroxyl groups excluding tert-OH is 1. The van der Waals surface area contributed by atoms with E-state index in [1.165, 1.54) is 12.1 Å². The molecule has 0 bridgehead atoms. The largest absolute Gasteiger partial charge is 0.497 e. The fourth-order valence-corrected chi connectivity index (χ4v) is 4.49. The molecule has 0 saturated carbocycles. The van der Waals surface area contributed by atoms with Crippen LogP contribution in [0.1, 0.15) is 64.0 Å². The van der Waals surface area contributed by atoms with Gasteiger partial charge < -0.3 is 24.1 Å². The zero-order valence-corrected chi connectivity index (χ0v) is 26.6. The van der Waals surface area contributed by atoms with Crippen LogP contribution in [0.3, 0.4) is 0 Å². The van der Waals surface area contributed by atoms with Gasteiger partial charge in [-0.05, 0) is 72.5 Å². The first kappa shape index (κ1) is 28.9. The van der Waals surface area contributed by atoms with Crippen molar-refractivity contribution in [3.8, 4) is 45.3 Å². The highest BCUT2D eigenvalue weighted by Crippen LogP contribution is 2.36. The molecule has 5 nitrogen and oxygen atoms in total. The van der Waals surface area contributed by atoms with Gasteiger partial charge in [0.1, 0.15) is 34.6 Å². The second-order valence-corrected chi connectivity index (χ2v) is 10.3. The van der Waals surface area contributed by atoms with Crippen LogP contribution < -0.4 is 18.9 Å². The first-order valence-electron chi connectivity index (χ1n) is 18.7. The number of alkyl halides is 1. The second kappa shape index (κ2) is 18.1. The predicted octanol–water partition coefficient (Wildman–Crippen LogP) is 10.8. The van der Waals surface area contributed by atoms with Crippen molar-refractivity contribution in [3.63, 3.8) is 0 Å². The van der Waals surface area contributed by atoms with Crippen LogP contribution in [0.4, 0.5) is 8.78 Å². The van der Waals surface area contributed by atoms with Crippen LogP contribution in [-0.4, -0.2) is 32.5 Å². The summed E-state index contributed by atoms with van der Waals surface area (Å²) < 4.78 is 90.4. The van der Waals surface area contributed by atoms with Crippen molar-refractivity contribution in [1.29, 1.82) is 0 Å². The summed E-state index contributed by atoms with van der Waals surface area (Å²) in [7, 11) is 3.11. The number of halogens is 3. The maximum absolute atomic E-state index is 14.2. The molecule has 44 heavy (non-hydrogen) atoms. The number of aliphatic hydroxyl groups is 1. The van der Waals surface area contributed by atoms with E-state index in [1.54, 1.807) is 56.7 Å². The zero-order chi connectivity index (χ0) is 39.9. The molecule has 246 valence electrons. The zero-order valence-electron chi connectivity index (χ0n) is 33.8. The topological polar surface area (TPSA) is 57.2 Å². The van der Waals surface area contributed by atoms with Crippen molar-refractivity contribution in [2.45, 2.75) is 52.0 Å². The molecule has 0 spiro atoms. The summed E-state index contributed by atoms with van der Waals surface area (Å²) in [5.41, 5.74) is 3.94. The van der Waals surface area contributed by atoms with Gasteiger partial charge in [-0.1, -0.05) is 51.0 Å². The van der Waals surface area contributed by atoms with E-state index in [2.05, 4.69) is 13.8 Å². The number of methoxy groups -OCH3 is 2. The van der Waals surface area contributed by atoms with Crippen LogP contribution in [0, 0.1) is 11.6 Å². The van der Waals surface area contributed by atoms with Gasteiger partial charge in [0.25, 0.3) is 0 Å². The number of unbranched alkanes of at least 4 members (excludes halogenated alkanes) is 2. The standard InChI is InChI=1S/C18H20ClFO2.C18H21FO3.5H2/c1-3-4-9-22-18-10-13(12-19)5-7-15(18)16-11-14(21-2)6-8-17(16)20;1-3-4-9-22-18-10-13(12-20)5-7-15(18)16-11-14(21-2)6-8-17(16)19;;;;;/h5-8,10-11H,3-4,9,12H2,1-2H3;5-8,10-11,20H,3-4,9,12H2,1-2H3;5*1H/i;;4*1+2T;1+2. The average molecular weight is 655 g/mol. The Morgan fingerprint density at radius 1 is 0.659 bits per heavy atom. The molecule has 0 heterocycles. The molecule has 4 rings (SSSR count). The SMILES string of the molecule is CCCCOc1cc(CCl)ccc1-c1cc(OC)ccc1F.CCCCOc1cc(CO)ccc1-c1cc(OC)ccc1F.[3HH].[3H][3H].[3H][3H].[3H][3H].[3H][3H]. The minimum absolute atomic E-state index is 0. The molecule has 0 radical (unpaired) electrons. The van der Waals surface area contributed by atoms with Gasteiger partial charge >= 0.3 is 0 Å². The normalized spacial score (nSPS) is 11.3. The van der Waals surface area contributed by atoms with Gasteiger partial charge in [0.05, 0.1) is 34.0 Å². The number of benzene rings is 4. The van der Waals surface area contributed by atoms with E-state index in [-0.39, 0.29) is 19.7 Å². The Bertz CT molecular complexity index is 1400. The van der Waals surface area contributed by atoms with Crippen molar-refractivity contribution in [1.82, 2.24) is 0 Å². The van der Waals surface area contributed by atoms with E-state index in [0.717, 1.165) is 36.8 Å². The minimum Gasteiger partial charge on any atom is -0.497 e. The van der Waals surface area contributed by atoms with E-state index in [1.807, 2.05) is 18.2 Å². The fraction of sp³-hybridized carbons (Fsp3) is 0.333. The van der Waals surface area contributed by atoms with Gasteiger partial charge in [-0.2, -0.15) is 0 Å². The first-order chi connectivity index (χ1) is 25.4. The molecule has 1 N–H and O–H groups in total. The predicted molar refractivity (Wildman–Crippen MR) is 184 cm³/mol. The molecular formula is C36H51ClF2O5. The highest BCUT2D eigenvalue weighted by molar-refractivity contribution is 6.17. The number of ether oxygens (including phenoxy) is 4. The Morgan fingerprint density at radius 3 is 1.52 bits per heavy atom. The molecule has 0 unspecified atom stereocenters.